The quantitative estimate of drug-likeness (QED) is 0.361. The smallest absolute Gasteiger partial charge is 0.142 e. The van der Waals surface area contributed by atoms with Crippen LogP contribution in [0.1, 0.15) is 12.5 Å². The van der Waals surface area contributed by atoms with Gasteiger partial charge in [-0.05, 0) is 12.5 Å². The summed E-state index contributed by atoms with van der Waals surface area (Å²) < 4.78 is 0.909. The first-order valence-electron chi connectivity index (χ1n) is 4.08. The summed E-state index contributed by atoms with van der Waals surface area (Å²) in [5.41, 5.74) is 2.16. The van der Waals surface area contributed by atoms with Gasteiger partial charge in [0.25, 0.3) is 0 Å². The zero-order chi connectivity index (χ0) is 9.52. The fraction of sp³-hybridized carbons (Fsp3) is 0.300. The first kappa shape index (κ1) is 10.5. The van der Waals surface area contributed by atoms with Crippen molar-refractivity contribution < 1.29 is 4.84 Å². The van der Waals surface area contributed by atoms with Gasteiger partial charge in [0, 0.05) is 4.43 Å². The van der Waals surface area contributed by atoms with Gasteiger partial charge in [-0.1, -0.05) is 58.1 Å². The lowest BCUT2D eigenvalue weighted by Gasteiger charge is -1.99. The third-order valence-electron chi connectivity index (χ3n) is 1.49. The van der Waals surface area contributed by atoms with Crippen LogP contribution in [0.3, 0.4) is 0 Å². The van der Waals surface area contributed by atoms with E-state index >= 15 is 0 Å². The molecular formula is C10H12INO. The Morgan fingerprint density at radius 2 is 2.08 bits per heavy atom. The topological polar surface area (TPSA) is 21.6 Å². The molecule has 0 aliphatic carbocycles. The minimum absolute atomic E-state index is 0.550. The van der Waals surface area contributed by atoms with Gasteiger partial charge in [-0.25, -0.2) is 0 Å². The van der Waals surface area contributed by atoms with Crippen LogP contribution in [0, 0.1) is 0 Å². The van der Waals surface area contributed by atoms with E-state index in [1.807, 2.05) is 37.3 Å². The van der Waals surface area contributed by atoms with Crippen molar-refractivity contribution in [2.45, 2.75) is 13.5 Å². The fourth-order valence-electron chi connectivity index (χ4n) is 0.816. The van der Waals surface area contributed by atoms with Crippen LogP contribution in [-0.2, 0) is 11.4 Å². The molecule has 0 saturated heterocycles. The first-order chi connectivity index (χ1) is 6.33. The highest BCUT2D eigenvalue weighted by atomic mass is 127. The molecule has 0 fully saturated rings. The van der Waals surface area contributed by atoms with Gasteiger partial charge in [0.15, 0.2) is 0 Å². The Morgan fingerprint density at radius 1 is 1.38 bits per heavy atom. The van der Waals surface area contributed by atoms with Crippen LogP contribution in [0.5, 0.6) is 0 Å². The van der Waals surface area contributed by atoms with Gasteiger partial charge in [-0.2, -0.15) is 0 Å². The van der Waals surface area contributed by atoms with Gasteiger partial charge < -0.3 is 4.84 Å². The van der Waals surface area contributed by atoms with Crippen LogP contribution in [0.4, 0.5) is 0 Å². The number of halogens is 1. The summed E-state index contributed by atoms with van der Waals surface area (Å²) in [5, 5.41) is 3.95. The molecule has 70 valence electrons. The second-order valence-electron chi connectivity index (χ2n) is 2.72. The van der Waals surface area contributed by atoms with Crippen LogP contribution in [0.15, 0.2) is 35.5 Å². The predicted molar refractivity (Wildman–Crippen MR) is 63.2 cm³/mol. The molecule has 13 heavy (non-hydrogen) atoms. The average molecular weight is 289 g/mol. The van der Waals surface area contributed by atoms with Crippen molar-refractivity contribution in [1.82, 2.24) is 0 Å². The number of alkyl halides is 1. The Balaban J connectivity index is 2.36. The number of rotatable bonds is 4. The van der Waals surface area contributed by atoms with Gasteiger partial charge in [-0.3, -0.25) is 0 Å². The molecule has 1 rings (SSSR count). The van der Waals surface area contributed by atoms with Crippen molar-refractivity contribution in [2.24, 2.45) is 5.16 Å². The third kappa shape index (κ3) is 4.26. The van der Waals surface area contributed by atoms with Crippen molar-refractivity contribution in [2.75, 3.05) is 4.43 Å². The Bertz CT molecular complexity index is 272. The molecule has 0 N–H and O–H groups in total. The number of oxime groups is 1. The fourth-order valence-corrected chi connectivity index (χ4v) is 0.955. The maximum Gasteiger partial charge on any atom is 0.142 e. The molecule has 0 spiro atoms. The molecule has 0 saturated carbocycles. The van der Waals surface area contributed by atoms with Crippen molar-refractivity contribution in [3.8, 4) is 0 Å². The van der Waals surface area contributed by atoms with Crippen molar-refractivity contribution >= 4 is 28.3 Å². The number of benzene rings is 1. The maximum absolute atomic E-state index is 5.16. The van der Waals surface area contributed by atoms with Gasteiger partial charge in [-0.15, -0.1) is 0 Å². The highest BCUT2D eigenvalue weighted by molar-refractivity contribution is 14.1. The zero-order valence-electron chi connectivity index (χ0n) is 7.53. The van der Waals surface area contributed by atoms with Crippen LogP contribution >= 0.6 is 22.6 Å². The summed E-state index contributed by atoms with van der Waals surface area (Å²) in [6.45, 7) is 2.51. The molecule has 0 amide bonds. The molecule has 0 radical (unpaired) electrons. The standard InChI is InChI=1S/C10H12INO/c1-9(7-11)12-13-8-10-5-3-2-4-6-10/h2-6H,7-8H2,1H3/b12-9+. The van der Waals surface area contributed by atoms with Gasteiger partial charge >= 0.3 is 0 Å². The Labute approximate surface area is 92.1 Å². The van der Waals surface area contributed by atoms with E-state index in [-0.39, 0.29) is 0 Å². The second-order valence-corrected chi connectivity index (χ2v) is 3.48. The minimum atomic E-state index is 0.550. The number of hydrogen-bond donors (Lipinski definition) is 0. The zero-order valence-corrected chi connectivity index (χ0v) is 9.69. The summed E-state index contributed by atoms with van der Waals surface area (Å²) in [4.78, 5) is 5.16. The van der Waals surface area contributed by atoms with E-state index in [4.69, 9.17) is 4.84 Å². The highest BCUT2D eigenvalue weighted by Gasteiger charge is 1.90. The summed E-state index contributed by atoms with van der Waals surface area (Å²) in [7, 11) is 0. The van der Waals surface area contributed by atoms with Crippen molar-refractivity contribution in [1.29, 1.82) is 0 Å². The summed E-state index contributed by atoms with van der Waals surface area (Å²) in [6, 6.07) is 10.0. The third-order valence-corrected chi connectivity index (χ3v) is 2.59. The summed E-state index contributed by atoms with van der Waals surface area (Å²) in [5.74, 6) is 0. The van der Waals surface area contributed by atoms with Crippen LogP contribution in [0.2, 0.25) is 0 Å². The monoisotopic (exact) mass is 289 g/mol. The molecule has 0 aliphatic heterocycles. The molecule has 0 unspecified atom stereocenters. The average Bonchev–Trinajstić information content (AvgIpc) is 2.19. The normalized spacial score (nSPS) is 11.4. The highest BCUT2D eigenvalue weighted by Crippen LogP contribution is 2.00. The molecule has 2 nitrogen and oxygen atoms in total. The lowest BCUT2D eigenvalue weighted by Crippen LogP contribution is -1.94. The molecule has 0 heterocycles. The van der Waals surface area contributed by atoms with Crippen LogP contribution in [0.25, 0.3) is 0 Å². The molecule has 3 heteroatoms. The lowest BCUT2D eigenvalue weighted by molar-refractivity contribution is 0.130. The van der Waals surface area contributed by atoms with Crippen LogP contribution in [-0.4, -0.2) is 10.1 Å². The van der Waals surface area contributed by atoms with E-state index in [1.165, 1.54) is 0 Å². The molecule has 0 bridgehead atoms. The van der Waals surface area contributed by atoms with Gasteiger partial charge in [0.1, 0.15) is 6.61 Å². The van der Waals surface area contributed by atoms with Crippen LogP contribution < -0.4 is 0 Å². The van der Waals surface area contributed by atoms with E-state index in [9.17, 15) is 0 Å². The molecular weight excluding hydrogens is 277 g/mol. The first-order valence-corrected chi connectivity index (χ1v) is 5.61. The number of nitrogens with zero attached hydrogens (tertiary/aromatic N) is 1. The molecule has 0 aromatic heterocycles. The Morgan fingerprint density at radius 3 is 2.69 bits per heavy atom. The second kappa shape index (κ2) is 5.96. The van der Waals surface area contributed by atoms with E-state index in [0.29, 0.717) is 6.61 Å². The maximum atomic E-state index is 5.16. The molecule has 1 aromatic rings. The van der Waals surface area contributed by atoms with E-state index in [0.717, 1.165) is 15.7 Å². The molecule has 1 aromatic carbocycles. The summed E-state index contributed by atoms with van der Waals surface area (Å²) in [6.07, 6.45) is 0. The Kier molecular flexibility index (Phi) is 4.82. The van der Waals surface area contributed by atoms with Gasteiger partial charge in [0.05, 0.1) is 5.71 Å². The largest absolute Gasteiger partial charge is 0.391 e. The SMILES string of the molecule is C/C(CI)=N\OCc1ccccc1. The van der Waals surface area contributed by atoms with E-state index in [1.54, 1.807) is 0 Å². The minimum Gasteiger partial charge on any atom is -0.391 e. The van der Waals surface area contributed by atoms with E-state index < -0.39 is 0 Å². The predicted octanol–water partition coefficient (Wildman–Crippen LogP) is 3.01. The van der Waals surface area contributed by atoms with Gasteiger partial charge in [0.2, 0.25) is 0 Å². The molecule has 0 aliphatic rings. The summed E-state index contributed by atoms with van der Waals surface area (Å²) >= 11 is 2.26. The lowest BCUT2D eigenvalue weighted by atomic mass is 10.2. The van der Waals surface area contributed by atoms with Crippen molar-refractivity contribution in [3.05, 3.63) is 35.9 Å². The molecule has 0 atom stereocenters. The number of hydrogen-bond acceptors (Lipinski definition) is 2. The van der Waals surface area contributed by atoms with Crippen molar-refractivity contribution in [3.63, 3.8) is 0 Å². The Hall–Kier alpha value is -0.580. The van der Waals surface area contributed by atoms with E-state index in [2.05, 4.69) is 27.7 Å².